The Bertz CT molecular complexity index is 1110. The topological polar surface area (TPSA) is 72.5 Å². The van der Waals surface area contributed by atoms with Crippen LogP contribution in [-0.2, 0) is 16.4 Å². The fourth-order valence-corrected chi connectivity index (χ4v) is 4.35. The van der Waals surface area contributed by atoms with E-state index in [0.717, 1.165) is 5.56 Å². The van der Waals surface area contributed by atoms with Crippen molar-refractivity contribution in [1.82, 2.24) is 4.72 Å². The van der Waals surface area contributed by atoms with Gasteiger partial charge in [0, 0.05) is 6.54 Å². The van der Waals surface area contributed by atoms with Gasteiger partial charge in [0.1, 0.15) is 5.75 Å². The van der Waals surface area contributed by atoms with E-state index in [1.807, 2.05) is 6.07 Å². The van der Waals surface area contributed by atoms with Crippen molar-refractivity contribution in [2.24, 2.45) is 0 Å². The fraction of sp³-hybridized carbons (Fsp3) is 0.136. The van der Waals surface area contributed by atoms with Gasteiger partial charge in [0.15, 0.2) is 0 Å². The Labute approximate surface area is 175 Å². The summed E-state index contributed by atoms with van der Waals surface area (Å²) in [7, 11) is -3.58. The van der Waals surface area contributed by atoms with Gasteiger partial charge in [0.25, 0.3) is 0 Å². The van der Waals surface area contributed by atoms with Crippen LogP contribution in [0.4, 0.5) is 0 Å². The lowest BCUT2D eigenvalue weighted by atomic mass is 10.1. The minimum Gasteiger partial charge on any atom is -0.423 e. The van der Waals surface area contributed by atoms with Crippen molar-refractivity contribution in [1.29, 1.82) is 0 Å². The molecule has 3 aromatic rings. The number of benzene rings is 3. The second-order valence-corrected chi connectivity index (χ2v) is 8.57. The second-order valence-electron chi connectivity index (χ2n) is 6.43. The Hall–Kier alpha value is -2.67. The summed E-state index contributed by atoms with van der Waals surface area (Å²) in [4.78, 5) is 12.5. The predicted octanol–water partition coefficient (Wildman–Crippen LogP) is 4.39. The minimum atomic E-state index is -3.58. The molecule has 3 aromatic carbocycles. The third kappa shape index (κ3) is 5.44. The highest BCUT2D eigenvalue weighted by molar-refractivity contribution is 7.89. The Balaban J connectivity index is 1.62. The van der Waals surface area contributed by atoms with Crippen molar-refractivity contribution in [3.8, 4) is 5.75 Å². The molecule has 0 aliphatic rings. The standard InChI is InChI=1S/C22H20ClNO4S/c1-16-7-5-6-10-21(16)29(26,27)24-14-13-17-11-12-19(20(23)15-17)22(25)28-18-8-3-2-4-9-18/h2-12,15,24H,13-14H2,1H3. The molecule has 0 saturated heterocycles. The first-order chi connectivity index (χ1) is 13.9. The molecule has 3 rings (SSSR count). The molecule has 0 aliphatic heterocycles. The van der Waals surface area contributed by atoms with Gasteiger partial charge >= 0.3 is 5.97 Å². The lowest BCUT2D eigenvalue weighted by Crippen LogP contribution is -2.26. The normalized spacial score (nSPS) is 11.2. The number of rotatable bonds is 7. The summed E-state index contributed by atoms with van der Waals surface area (Å²) >= 11 is 6.24. The third-order valence-corrected chi connectivity index (χ3v) is 6.23. The van der Waals surface area contributed by atoms with Gasteiger partial charge in [-0.1, -0.05) is 54.1 Å². The molecule has 0 saturated carbocycles. The summed E-state index contributed by atoms with van der Waals surface area (Å²) in [5.74, 6) is -0.115. The number of nitrogens with one attached hydrogen (secondary N) is 1. The van der Waals surface area contributed by atoms with Gasteiger partial charge in [-0.15, -0.1) is 0 Å². The quantitative estimate of drug-likeness (QED) is 0.446. The molecule has 0 fully saturated rings. The van der Waals surface area contributed by atoms with Crippen LogP contribution in [0.5, 0.6) is 5.75 Å². The molecule has 0 aromatic heterocycles. The number of ether oxygens (including phenoxy) is 1. The molecule has 5 nitrogen and oxygen atoms in total. The maximum Gasteiger partial charge on any atom is 0.345 e. The summed E-state index contributed by atoms with van der Waals surface area (Å²) in [6, 6.07) is 20.5. The number of carbonyl (C=O) groups excluding carboxylic acids is 1. The highest BCUT2D eigenvalue weighted by Crippen LogP contribution is 2.21. The predicted molar refractivity (Wildman–Crippen MR) is 113 cm³/mol. The van der Waals surface area contributed by atoms with E-state index in [-0.39, 0.29) is 22.0 Å². The molecule has 0 aliphatic carbocycles. The molecule has 0 radical (unpaired) electrons. The first-order valence-corrected chi connectivity index (χ1v) is 10.8. The maximum atomic E-state index is 12.4. The fourth-order valence-electron chi connectivity index (χ4n) is 2.80. The number of carbonyl (C=O) groups is 1. The van der Waals surface area contributed by atoms with Crippen LogP contribution < -0.4 is 9.46 Å². The van der Waals surface area contributed by atoms with Crippen LogP contribution >= 0.6 is 11.6 Å². The smallest absolute Gasteiger partial charge is 0.345 e. The highest BCUT2D eigenvalue weighted by Gasteiger charge is 2.16. The SMILES string of the molecule is Cc1ccccc1S(=O)(=O)NCCc1ccc(C(=O)Oc2ccccc2)c(Cl)c1. The van der Waals surface area contributed by atoms with Gasteiger partial charge in [-0.25, -0.2) is 17.9 Å². The first-order valence-electron chi connectivity index (χ1n) is 8.98. The van der Waals surface area contributed by atoms with Crippen molar-refractivity contribution in [2.75, 3.05) is 6.54 Å². The second kappa shape index (κ2) is 9.22. The number of halogens is 1. The van der Waals surface area contributed by atoms with Crippen molar-refractivity contribution in [3.63, 3.8) is 0 Å². The lowest BCUT2D eigenvalue weighted by molar-refractivity contribution is 0.0735. The number of para-hydroxylation sites is 1. The minimum absolute atomic E-state index is 0.209. The summed E-state index contributed by atoms with van der Waals surface area (Å²) in [6.45, 7) is 1.96. The van der Waals surface area contributed by atoms with Crippen LogP contribution in [0.3, 0.4) is 0 Å². The van der Waals surface area contributed by atoms with E-state index < -0.39 is 16.0 Å². The molecule has 0 bridgehead atoms. The van der Waals surface area contributed by atoms with Crippen LogP contribution in [0.25, 0.3) is 0 Å². The zero-order valence-corrected chi connectivity index (χ0v) is 17.3. The average molecular weight is 430 g/mol. The number of hydrogen-bond donors (Lipinski definition) is 1. The molecular weight excluding hydrogens is 410 g/mol. The van der Waals surface area contributed by atoms with Crippen LogP contribution in [0.15, 0.2) is 77.7 Å². The molecule has 7 heteroatoms. The van der Waals surface area contributed by atoms with Crippen LogP contribution in [-0.4, -0.2) is 20.9 Å². The molecular formula is C22H20ClNO4S. The lowest BCUT2D eigenvalue weighted by Gasteiger charge is -2.10. The summed E-state index contributed by atoms with van der Waals surface area (Å²) in [5.41, 5.74) is 1.74. The first kappa shape index (κ1) is 21.0. The van der Waals surface area contributed by atoms with Gasteiger partial charge in [-0.05, 0) is 54.8 Å². The monoisotopic (exact) mass is 429 g/mol. The van der Waals surface area contributed by atoms with E-state index in [0.29, 0.717) is 17.7 Å². The van der Waals surface area contributed by atoms with E-state index >= 15 is 0 Å². The molecule has 0 spiro atoms. The zero-order chi connectivity index (χ0) is 20.9. The van der Waals surface area contributed by atoms with Crippen molar-refractivity contribution in [3.05, 3.63) is 94.5 Å². The average Bonchev–Trinajstić information content (AvgIpc) is 2.69. The largest absolute Gasteiger partial charge is 0.423 e. The number of hydrogen-bond acceptors (Lipinski definition) is 4. The number of aryl methyl sites for hydroxylation is 1. The molecule has 29 heavy (non-hydrogen) atoms. The van der Waals surface area contributed by atoms with Gasteiger partial charge in [0.05, 0.1) is 15.5 Å². The molecule has 0 atom stereocenters. The van der Waals surface area contributed by atoms with E-state index in [9.17, 15) is 13.2 Å². The molecule has 150 valence electrons. The zero-order valence-electron chi connectivity index (χ0n) is 15.8. The van der Waals surface area contributed by atoms with Gasteiger partial charge in [0.2, 0.25) is 10.0 Å². The number of esters is 1. The maximum absolute atomic E-state index is 12.4. The van der Waals surface area contributed by atoms with Crippen LogP contribution in [0, 0.1) is 6.92 Å². The van der Waals surface area contributed by atoms with E-state index in [1.165, 1.54) is 0 Å². The van der Waals surface area contributed by atoms with E-state index in [2.05, 4.69) is 4.72 Å². The summed E-state index contributed by atoms with van der Waals surface area (Å²) in [6.07, 6.45) is 0.429. The Morgan fingerprint density at radius 3 is 2.38 bits per heavy atom. The third-order valence-electron chi connectivity index (χ3n) is 4.30. The Morgan fingerprint density at radius 1 is 1.00 bits per heavy atom. The van der Waals surface area contributed by atoms with E-state index in [1.54, 1.807) is 73.7 Å². The van der Waals surface area contributed by atoms with Crippen molar-refractivity contribution < 1.29 is 17.9 Å². The molecule has 0 unspecified atom stereocenters. The molecule has 0 heterocycles. The van der Waals surface area contributed by atoms with Gasteiger partial charge in [-0.2, -0.15) is 0 Å². The van der Waals surface area contributed by atoms with Crippen molar-refractivity contribution >= 4 is 27.6 Å². The van der Waals surface area contributed by atoms with Gasteiger partial charge < -0.3 is 4.74 Å². The van der Waals surface area contributed by atoms with Gasteiger partial charge in [-0.3, -0.25) is 0 Å². The Kier molecular flexibility index (Phi) is 6.69. The number of sulfonamides is 1. The van der Waals surface area contributed by atoms with Crippen LogP contribution in [0.2, 0.25) is 5.02 Å². The van der Waals surface area contributed by atoms with E-state index in [4.69, 9.17) is 16.3 Å². The summed E-state index contributed by atoms with van der Waals surface area (Å²) < 4.78 is 32.7. The summed E-state index contributed by atoms with van der Waals surface area (Å²) in [5, 5.41) is 0.255. The van der Waals surface area contributed by atoms with Crippen LogP contribution in [0.1, 0.15) is 21.5 Å². The Morgan fingerprint density at radius 2 is 1.69 bits per heavy atom. The highest BCUT2D eigenvalue weighted by atomic mass is 35.5. The molecule has 0 amide bonds. The van der Waals surface area contributed by atoms with Crippen molar-refractivity contribution in [2.45, 2.75) is 18.2 Å². The molecule has 1 N–H and O–H groups in total.